The number of hydrogen-bond acceptors (Lipinski definition) is 2. The summed E-state index contributed by atoms with van der Waals surface area (Å²) in [5.74, 6) is 0. The van der Waals surface area contributed by atoms with Gasteiger partial charge < -0.3 is 10.6 Å². The summed E-state index contributed by atoms with van der Waals surface area (Å²) in [4.78, 5) is 0. The van der Waals surface area contributed by atoms with E-state index in [4.69, 9.17) is 11.6 Å². The molecule has 2 aromatic rings. The van der Waals surface area contributed by atoms with Crippen LogP contribution in [0.15, 0.2) is 48.5 Å². The van der Waals surface area contributed by atoms with Crippen molar-refractivity contribution in [2.24, 2.45) is 0 Å². The van der Waals surface area contributed by atoms with Crippen molar-refractivity contribution in [3.05, 3.63) is 59.1 Å². The molecule has 0 bridgehead atoms. The topological polar surface area (TPSA) is 24.1 Å². The summed E-state index contributed by atoms with van der Waals surface area (Å²) in [5.41, 5.74) is 3.56. The van der Waals surface area contributed by atoms with Gasteiger partial charge in [0.15, 0.2) is 0 Å². The zero-order valence-corrected chi connectivity index (χ0v) is 10.9. The van der Waals surface area contributed by atoms with Crippen LogP contribution in [0.3, 0.4) is 0 Å². The molecule has 0 aliphatic carbocycles. The summed E-state index contributed by atoms with van der Waals surface area (Å²) in [7, 11) is 0. The molecule has 2 aromatic carbocycles. The van der Waals surface area contributed by atoms with Gasteiger partial charge in [-0.1, -0.05) is 35.9 Å². The predicted octanol–water partition coefficient (Wildman–Crippen LogP) is 4.31. The second-order valence-corrected chi connectivity index (χ2v) is 5.09. The van der Waals surface area contributed by atoms with E-state index in [9.17, 15) is 0 Å². The molecule has 0 amide bonds. The Labute approximate surface area is 112 Å². The van der Waals surface area contributed by atoms with Crippen molar-refractivity contribution in [3.8, 4) is 0 Å². The quantitative estimate of drug-likeness (QED) is 0.797. The lowest BCUT2D eigenvalue weighted by Crippen LogP contribution is -2.34. The first-order valence-electron chi connectivity index (χ1n) is 6.11. The first-order valence-corrected chi connectivity index (χ1v) is 6.49. The third kappa shape index (κ3) is 2.04. The van der Waals surface area contributed by atoms with Crippen LogP contribution in [-0.2, 0) is 0 Å². The number of benzene rings is 2. The average Bonchev–Trinajstić information content (AvgIpc) is 2.39. The third-order valence-corrected chi connectivity index (χ3v) is 3.60. The summed E-state index contributed by atoms with van der Waals surface area (Å²) in [6.45, 7) is 2.18. The van der Waals surface area contributed by atoms with Gasteiger partial charge in [0.1, 0.15) is 0 Å². The van der Waals surface area contributed by atoms with Crippen LogP contribution in [0, 0.1) is 0 Å². The molecule has 0 aromatic heterocycles. The number of fused-ring (bicyclic) bond motifs is 1. The molecule has 1 aliphatic rings. The molecule has 0 spiro atoms. The van der Waals surface area contributed by atoms with Crippen molar-refractivity contribution in [2.75, 3.05) is 10.6 Å². The summed E-state index contributed by atoms with van der Waals surface area (Å²) in [6.07, 6.45) is 0. The lowest BCUT2D eigenvalue weighted by Gasteiger charge is -2.34. The maximum Gasteiger partial charge on any atom is 0.0713 e. The molecular weight excluding hydrogens is 244 g/mol. The van der Waals surface area contributed by atoms with Crippen molar-refractivity contribution in [3.63, 3.8) is 0 Å². The molecule has 92 valence electrons. The van der Waals surface area contributed by atoms with Crippen molar-refractivity contribution in [1.29, 1.82) is 0 Å². The van der Waals surface area contributed by atoms with Crippen LogP contribution < -0.4 is 10.6 Å². The molecule has 0 radical (unpaired) electrons. The number of hydrogen-bond donors (Lipinski definition) is 2. The highest BCUT2D eigenvalue weighted by molar-refractivity contribution is 6.30. The number of nitrogens with one attached hydrogen (secondary N) is 2. The van der Waals surface area contributed by atoms with E-state index in [-0.39, 0.29) is 6.04 Å². The van der Waals surface area contributed by atoms with E-state index in [1.54, 1.807) is 0 Å². The van der Waals surface area contributed by atoms with Gasteiger partial charge in [-0.25, -0.2) is 0 Å². The first kappa shape index (κ1) is 11.4. The molecule has 18 heavy (non-hydrogen) atoms. The van der Waals surface area contributed by atoms with Gasteiger partial charge in [-0.3, -0.25) is 0 Å². The molecule has 0 saturated heterocycles. The molecular formula is C15H15ClN2. The average molecular weight is 259 g/mol. The SMILES string of the molecule is C[C@@H]1Nc2ccccc2N[C@@H]1c1ccc(Cl)cc1. The Morgan fingerprint density at radius 3 is 2.17 bits per heavy atom. The fourth-order valence-electron chi connectivity index (χ4n) is 2.40. The first-order chi connectivity index (χ1) is 8.74. The van der Waals surface area contributed by atoms with Crippen LogP contribution in [0.4, 0.5) is 11.4 Å². The molecule has 2 nitrogen and oxygen atoms in total. The molecule has 3 rings (SSSR count). The largest absolute Gasteiger partial charge is 0.379 e. The summed E-state index contributed by atoms with van der Waals surface area (Å²) in [6, 6.07) is 16.9. The highest BCUT2D eigenvalue weighted by Gasteiger charge is 2.24. The van der Waals surface area contributed by atoms with Crippen LogP contribution in [0.1, 0.15) is 18.5 Å². The highest BCUT2D eigenvalue weighted by Crippen LogP contribution is 2.34. The molecule has 3 heteroatoms. The third-order valence-electron chi connectivity index (χ3n) is 3.35. The zero-order chi connectivity index (χ0) is 12.5. The van der Waals surface area contributed by atoms with Crippen LogP contribution in [-0.4, -0.2) is 6.04 Å². The minimum Gasteiger partial charge on any atom is -0.379 e. The monoisotopic (exact) mass is 258 g/mol. The van der Waals surface area contributed by atoms with Crippen LogP contribution in [0.25, 0.3) is 0 Å². The number of para-hydroxylation sites is 2. The van der Waals surface area contributed by atoms with Gasteiger partial charge in [0.25, 0.3) is 0 Å². The molecule has 0 fully saturated rings. The maximum atomic E-state index is 5.93. The van der Waals surface area contributed by atoms with Gasteiger partial charge in [0.05, 0.1) is 17.4 Å². The predicted molar refractivity (Wildman–Crippen MR) is 77.3 cm³/mol. The van der Waals surface area contributed by atoms with Gasteiger partial charge in [0, 0.05) is 11.1 Å². The normalized spacial score (nSPS) is 21.7. The Bertz CT molecular complexity index is 551. The molecule has 1 aliphatic heterocycles. The molecule has 0 unspecified atom stereocenters. The van der Waals surface area contributed by atoms with Crippen molar-refractivity contribution in [1.82, 2.24) is 0 Å². The van der Waals surface area contributed by atoms with Crippen molar-refractivity contribution < 1.29 is 0 Å². The Balaban J connectivity index is 1.93. The van der Waals surface area contributed by atoms with Crippen LogP contribution in [0.5, 0.6) is 0 Å². The lowest BCUT2D eigenvalue weighted by molar-refractivity contribution is 0.650. The summed E-state index contributed by atoms with van der Waals surface area (Å²) >= 11 is 5.93. The highest BCUT2D eigenvalue weighted by atomic mass is 35.5. The standard InChI is InChI=1S/C15H15ClN2/c1-10-15(11-6-8-12(16)9-7-11)18-14-5-3-2-4-13(14)17-10/h2-10,15,17-18H,1H3/t10-,15-/m0/s1. The van der Waals surface area contributed by atoms with E-state index < -0.39 is 0 Å². The van der Waals surface area contributed by atoms with Gasteiger partial charge in [-0.15, -0.1) is 0 Å². The molecule has 2 N–H and O–H groups in total. The van der Waals surface area contributed by atoms with E-state index in [0.717, 1.165) is 16.4 Å². The Hall–Kier alpha value is -1.67. The van der Waals surface area contributed by atoms with Crippen molar-refractivity contribution >= 4 is 23.0 Å². The van der Waals surface area contributed by atoms with Gasteiger partial charge >= 0.3 is 0 Å². The van der Waals surface area contributed by atoms with Gasteiger partial charge in [-0.2, -0.15) is 0 Å². The number of anilines is 2. The van der Waals surface area contributed by atoms with Crippen LogP contribution in [0.2, 0.25) is 5.02 Å². The second kappa shape index (κ2) is 4.54. The van der Waals surface area contributed by atoms with E-state index >= 15 is 0 Å². The van der Waals surface area contributed by atoms with Gasteiger partial charge in [0.2, 0.25) is 0 Å². The lowest BCUT2D eigenvalue weighted by atomic mass is 9.97. The fraction of sp³-hybridized carbons (Fsp3) is 0.200. The van der Waals surface area contributed by atoms with Crippen LogP contribution >= 0.6 is 11.6 Å². The Morgan fingerprint density at radius 1 is 0.889 bits per heavy atom. The summed E-state index contributed by atoms with van der Waals surface area (Å²) < 4.78 is 0. The summed E-state index contributed by atoms with van der Waals surface area (Å²) in [5, 5.41) is 7.88. The van der Waals surface area contributed by atoms with E-state index in [0.29, 0.717) is 6.04 Å². The number of rotatable bonds is 1. The van der Waals surface area contributed by atoms with E-state index in [1.807, 2.05) is 24.3 Å². The van der Waals surface area contributed by atoms with Gasteiger partial charge in [-0.05, 0) is 36.8 Å². The number of halogens is 1. The second-order valence-electron chi connectivity index (χ2n) is 4.65. The smallest absolute Gasteiger partial charge is 0.0713 e. The molecule has 1 heterocycles. The minimum atomic E-state index is 0.261. The molecule has 0 saturated carbocycles. The van der Waals surface area contributed by atoms with Crippen molar-refractivity contribution in [2.45, 2.75) is 19.0 Å². The molecule has 2 atom stereocenters. The zero-order valence-electron chi connectivity index (χ0n) is 10.2. The minimum absolute atomic E-state index is 0.261. The Kier molecular flexibility index (Phi) is 2.88. The maximum absolute atomic E-state index is 5.93. The Morgan fingerprint density at radius 2 is 1.50 bits per heavy atom. The van der Waals surface area contributed by atoms with E-state index in [2.05, 4.69) is 41.8 Å². The van der Waals surface area contributed by atoms with E-state index in [1.165, 1.54) is 5.56 Å². The fourth-order valence-corrected chi connectivity index (χ4v) is 2.52.